The van der Waals surface area contributed by atoms with Crippen LogP contribution >= 0.6 is 0 Å². The zero-order valence-corrected chi connectivity index (χ0v) is 13.8. The fourth-order valence-electron chi connectivity index (χ4n) is 9.15. The van der Waals surface area contributed by atoms with Crippen molar-refractivity contribution in [3.63, 3.8) is 0 Å². The molecule has 0 aromatic heterocycles. The van der Waals surface area contributed by atoms with Gasteiger partial charge in [-0.25, -0.2) is 13.2 Å². The molecule has 5 bridgehead atoms. The van der Waals surface area contributed by atoms with Gasteiger partial charge in [-0.2, -0.15) is 0 Å². The highest BCUT2D eigenvalue weighted by Crippen LogP contribution is 2.94. The third-order valence-electron chi connectivity index (χ3n) is 9.36. The summed E-state index contributed by atoms with van der Waals surface area (Å²) in [5.74, 6) is 0.518. The molecule has 2 nitrogen and oxygen atoms in total. The number of hydrogen-bond donors (Lipinski definition) is 0. The molecule has 6 aliphatic carbocycles. The van der Waals surface area contributed by atoms with E-state index in [1.54, 1.807) is 0 Å². The van der Waals surface area contributed by atoms with Gasteiger partial charge in [0.1, 0.15) is 6.61 Å². The number of fused-ring (bicyclic) bond motifs is 2. The Bertz CT molecular complexity index is 645. The standard InChI is InChI=1S/C19H23F3O2/c1-17(21,22)14(20)7-24-16(23)18-6-8-2-10-11-4-9-5-12(18)13(3-8)19(9,11)15(10)18/h8-15H,2-7H2,1H3. The first-order valence-electron chi connectivity index (χ1n) is 9.50. The highest BCUT2D eigenvalue weighted by atomic mass is 19.3. The maximum Gasteiger partial charge on any atom is 0.312 e. The van der Waals surface area contributed by atoms with E-state index in [0.29, 0.717) is 41.9 Å². The molecule has 24 heavy (non-hydrogen) atoms. The first-order valence-corrected chi connectivity index (χ1v) is 9.50. The molecular formula is C19H23F3O2. The van der Waals surface area contributed by atoms with E-state index in [9.17, 15) is 18.0 Å². The zero-order valence-electron chi connectivity index (χ0n) is 13.8. The molecule has 6 saturated carbocycles. The van der Waals surface area contributed by atoms with Gasteiger partial charge in [-0.05, 0) is 78.9 Å². The first kappa shape index (κ1) is 14.4. The minimum Gasteiger partial charge on any atom is -0.462 e. The maximum atomic E-state index is 13.6. The number of hydrogen-bond acceptors (Lipinski definition) is 2. The van der Waals surface area contributed by atoms with Crippen molar-refractivity contribution in [3.05, 3.63) is 0 Å². The van der Waals surface area contributed by atoms with Crippen molar-refractivity contribution >= 4 is 5.97 Å². The van der Waals surface area contributed by atoms with Gasteiger partial charge in [0.15, 0.2) is 6.17 Å². The summed E-state index contributed by atoms with van der Waals surface area (Å²) >= 11 is 0. The summed E-state index contributed by atoms with van der Waals surface area (Å²) in [7, 11) is 0. The van der Waals surface area contributed by atoms with Gasteiger partial charge in [0, 0.05) is 6.92 Å². The van der Waals surface area contributed by atoms with Crippen molar-refractivity contribution in [2.24, 2.45) is 52.3 Å². The lowest BCUT2D eigenvalue weighted by atomic mass is 9.28. The lowest BCUT2D eigenvalue weighted by Crippen LogP contribution is -2.72. The molecule has 6 aliphatic rings. The molecule has 0 aromatic rings. The van der Waals surface area contributed by atoms with Gasteiger partial charge in [0.25, 0.3) is 5.92 Å². The SMILES string of the molecule is CC(F)(F)C(F)COC(=O)C12CC3CC4C5CC6CC1C(C3)C65C42. The minimum absolute atomic E-state index is 0.343. The average Bonchev–Trinajstić information content (AvgIpc) is 2.76. The summed E-state index contributed by atoms with van der Waals surface area (Å²) in [4.78, 5) is 13.0. The molecule has 0 aliphatic heterocycles. The number of carbonyl (C=O) groups excluding carboxylic acids is 1. The second-order valence-electron chi connectivity index (χ2n) is 9.73. The molecule has 10 atom stereocenters. The Morgan fingerprint density at radius 1 is 1.21 bits per heavy atom. The number of rotatable bonds is 4. The molecule has 0 aromatic carbocycles. The minimum atomic E-state index is -3.46. The van der Waals surface area contributed by atoms with Crippen molar-refractivity contribution in [2.75, 3.05) is 6.61 Å². The summed E-state index contributed by atoms with van der Waals surface area (Å²) in [5.41, 5.74) is -0.0594. The van der Waals surface area contributed by atoms with Gasteiger partial charge >= 0.3 is 5.97 Å². The molecular weight excluding hydrogens is 317 g/mol. The molecule has 6 fully saturated rings. The van der Waals surface area contributed by atoms with Crippen molar-refractivity contribution in [1.82, 2.24) is 0 Å². The van der Waals surface area contributed by atoms with Crippen LogP contribution in [0, 0.1) is 52.3 Å². The topological polar surface area (TPSA) is 26.3 Å². The second kappa shape index (κ2) is 3.83. The lowest BCUT2D eigenvalue weighted by molar-refractivity contribution is -0.284. The monoisotopic (exact) mass is 340 g/mol. The van der Waals surface area contributed by atoms with Crippen molar-refractivity contribution < 1.29 is 22.7 Å². The van der Waals surface area contributed by atoms with Crippen molar-refractivity contribution in [2.45, 2.75) is 51.1 Å². The third-order valence-corrected chi connectivity index (χ3v) is 9.36. The van der Waals surface area contributed by atoms with E-state index in [0.717, 1.165) is 24.7 Å². The number of esters is 1. The molecule has 1 spiro atoms. The highest BCUT2D eigenvalue weighted by molar-refractivity contribution is 5.80. The van der Waals surface area contributed by atoms with Crippen LogP contribution in [0.15, 0.2) is 0 Å². The average molecular weight is 340 g/mol. The molecule has 0 amide bonds. The Hall–Kier alpha value is -0.740. The van der Waals surface area contributed by atoms with E-state index in [4.69, 9.17) is 4.74 Å². The molecule has 6 rings (SSSR count). The highest BCUT2D eigenvalue weighted by Gasteiger charge is 2.91. The molecule has 0 saturated heterocycles. The molecule has 5 heteroatoms. The van der Waals surface area contributed by atoms with Crippen LogP contribution in [0.25, 0.3) is 0 Å². The van der Waals surface area contributed by atoms with Crippen LogP contribution in [0.1, 0.15) is 39.0 Å². The van der Waals surface area contributed by atoms with Crippen LogP contribution in [0.4, 0.5) is 13.2 Å². The fraction of sp³-hybridized carbons (Fsp3) is 0.947. The number of halogens is 3. The summed E-state index contributed by atoms with van der Waals surface area (Å²) in [5, 5.41) is 0. The predicted molar refractivity (Wildman–Crippen MR) is 78.9 cm³/mol. The number of alkyl halides is 3. The van der Waals surface area contributed by atoms with E-state index in [-0.39, 0.29) is 5.97 Å². The summed E-state index contributed by atoms with van der Waals surface area (Å²) in [6, 6.07) is 0. The Labute approximate surface area is 139 Å². The van der Waals surface area contributed by atoms with E-state index < -0.39 is 24.1 Å². The van der Waals surface area contributed by atoms with Gasteiger partial charge in [-0.3, -0.25) is 4.79 Å². The normalized spacial score (nSPS) is 58.9. The smallest absolute Gasteiger partial charge is 0.312 e. The molecule has 10 unspecified atom stereocenters. The lowest BCUT2D eigenvalue weighted by Gasteiger charge is -2.75. The van der Waals surface area contributed by atoms with Gasteiger partial charge in [-0.1, -0.05) is 0 Å². The summed E-state index contributed by atoms with van der Waals surface area (Å²) in [6.07, 6.45) is 3.44. The summed E-state index contributed by atoms with van der Waals surface area (Å²) < 4.78 is 44.9. The van der Waals surface area contributed by atoms with Gasteiger partial charge < -0.3 is 4.74 Å². The first-order chi connectivity index (χ1) is 11.3. The Morgan fingerprint density at radius 2 is 1.96 bits per heavy atom. The summed E-state index contributed by atoms with van der Waals surface area (Å²) in [6.45, 7) is -0.259. The van der Waals surface area contributed by atoms with E-state index in [2.05, 4.69) is 0 Å². The predicted octanol–water partition coefficient (Wildman–Crippen LogP) is 3.84. The molecule has 0 N–H and O–H groups in total. The fourth-order valence-corrected chi connectivity index (χ4v) is 9.15. The van der Waals surface area contributed by atoms with Crippen LogP contribution < -0.4 is 0 Å². The zero-order chi connectivity index (χ0) is 16.6. The van der Waals surface area contributed by atoms with E-state index >= 15 is 0 Å². The molecule has 0 radical (unpaired) electrons. The van der Waals surface area contributed by atoms with Crippen LogP contribution in [0.5, 0.6) is 0 Å². The van der Waals surface area contributed by atoms with Crippen molar-refractivity contribution in [1.29, 1.82) is 0 Å². The van der Waals surface area contributed by atoms with Crippen LogP contribution in [0.2, 0.25) is 0 Å². The van der Waals surface area contributed by atoms with Crippen LogP contribution in [-0.2, 0) is 9.53 Å². The molecule has 0 heterocycles. The Morgan fingerprint density at radius 3 is 2.71 bits per heavy atom. The molecule has 132 valence electrons. The van der Waals surface area contributed by atoms with Crippen molar-refractivity contribution in [3.8, 4) is 0 Å². The van der Waals surface area contributed by atoms with Crippen LogP contribution in [-0.4, -0.2) is 24.7 Å². The van der Waals surface area contributed by atoms with Gasteiger partial charge in [-0.15, -0.1) is 0 Å². The second-order valence-corrected chi connectivity index (χ2v) is 9.73. The number of carbonyl (C=O) groups is 1. The van der Waals surface area contributed by atoms with Crippen LogP contribution in [0.3, 0.4) is 0 Å². The largest absolute Gasteiger partial charge is 0.462 e. The van der Waals surface area contributed by atoms with Gasteiger partial charge in [0.05, 0.1) is 5.41 Å². The maximum absolute atomic E-state index is 13.6. The Kier molecular flexibility index (Phi) is 2.30. The quantitative estimate of drug-likeness (QED) is 0.727. The third kappa shape index (κ3) is 1.20. The van der Waals surface area contributed by atoms with E-state index in [1.807, 2.05) is 0 Å². The number of ether oxygens (including phenoxy) is 1. The Balaban J connectivity index is 1.32. The van der Waals surface area contributed by atoms with Gasteiger partial charge in [0.2, 0.25) is 0 Å². The van der Waals surface area contributed by atoms with E-state index in [1.165, 1.54) is 19.3 Å².